The van der Waals surface area contributed by atoms with E-state index in [0.717, 1.165) is 57.8 Å². The van der Waals surface area contributed by atoms with Crippen LogP contribution in [0.2, 0.25) is 0 Å². The second-order valence-corrected chi connectivity index (χ2v) is 8.06. The van der Waals surface area contributed by atoms with E-state index in [-0.39, 0.29) is 17.5 Å². The highest BCUT2D eigenvalue weighted by Gasteiger charge is 2.34. The first-order chi connectivity index (χ1) is 15.6. The standard InChI is InChI=1S/C25H30N2O5/c28-24-20-14-8-9-15-21(20)25(29)26(24)18-12-6-4-2-1-3-5-7-13-19-32-23-17-11-10-16-22(23)27(30)31/h8-11,14-17H,1-7,12-13,18-19H2. The maximum atomic E-state index is 12.3. The van der Waals surface area contributed by atoms with E-state index in [4.69, 9.17) is 4.74 Å². The average Bonchev–Trinajstić information content (AvgIpc) is 3.05. The van der Waals surface area contributed by atoms with Crippen LogP contribution in [-0.2, 0) is 0 Å². The smallest absolute Gasteiger partial charge is 0.310 e. The second kappa shape index (κ2) is 12.0. The van der Waals surface area contributed by atoms with Crippen molar-refractivity contribution >= 4 is 17.5 Å². The molecule has 2 aromatic carbocycles. The van der Waals surface area contributed by atoms with E-state index in [1.807, 2.05) is 0 Å². The van der Waals surface area contributed by atoms with Gasteiger partial charge in [-0.1, -0.05) is 69.2 Å². The number of benzene rings is 2. The Kier molecular flexibility index (Phi) is 8.78. The Morgan fingerprint density at radius 1 is 0.719 bits per heavy atom. The van der Waals surface area contributed by atoms with Gasteiger partial charge in [0.15, 0.2) is 5.75 Å². The maximum absolute atomic E-state index is 12.3. The molecular formula is C25H30N2O5. The van der Waals surface area contributed by atoms with Gasteiger partial charge in [-0.15, -0.1) is 0 Å². The molecule has 2 amide bonds. The Hall–Kier alpha value is -3.22. The number of nitro benzene ring substituents is 1. The third kappa shape index (κ3) is 6.15. The molecule has 0 saturated heterocycles. The summed E-state index contributed by atoms with van der Waals surface area (Å²) in [5.41, 5.74) is 1.05. The lowest BCUT2D eigenvalue weighted by atomic mass is 10.1. The van der Waals surface area contributed by atoms with E-state index in [1.54, 1.807) is 42.5 Å². The zero-order chi connectivity index (χ0) is 22.8. The Bertz CT molecular complexity index is 908. The molecule has 0 atom stereocenters. The summed E-state index contributed by atoms with van der Waals surface area (Å²) in [5.74, 6) is -0.00777. The number of imide groups is 1. The number of para-hydroxylation sites is 2. The lowest BCUT2D eigenvalue weighted by molar-refractivity contribution is -0.385. The number of fused-ring (bicyclic) bond motifs is 1. The third-order valence-corrected chi connectivity index (χ3v) is 5.72. The topological polar surface area (TPSA) is 89.8 Å². The fourth-order valence-electron chi connectivity index (χ4n) is 3.96. The van der Waals surface area contributed by atoms with Crippen molar-refractivity contribution in [3.63, 3.8) is 0 Å². The molecule has 0 fully saturated rings. The van der Waals surface area contributed by atoms with E-state index in [1.165, 1.54) is 11.0 Å². The van der Waals surface area contributed by atoms with Crippen molar-refractivity contribution in [2.75, 3.05) is 13.2 Å². The summed E-state index contributed by atoms with van der Waals surface area (Å²) in [5, 5.41) is 11.0. The maximum Gasteiger partial charge on any atom is 0.310 e. The Morgan fingerprint density at radius 2 is 1.22 bits per heavy atom. The highest BCUT2D eigenvalue weighted by atomic mass is 16.6. The van der Waals surface area contributed by atoms with Crippen molar-refractivity contribution in [1.29, 1.82) is 0 Å². The van der Waals surface area contributed by atoms with Crippen molar-refractivity contribution in [1.82, 2.24) is 4.90 Å². The normalized spacial score (nSPS) is 12.8. The second-order valence-electron chi connectivity index (χ2n) is 8.06. The molecule has 0 aromatic heterocycles. The van der Waals surface area contributed by atoms with Gasteiger partial charge in [0.05, 0.1) is 22.7 Å². The first-order valence-electron chi connectivity index (χ1n) is 11.4. The first-order valence-corrected chi connectivity index (χ1v) is 11.4. The van der Waals surface area contributed by atoms with E-state index in [0.29, 0.717) is 30.0 Å². The zero-order valence-electron chi connectivity index (χ0n) is 18.3. The van der Waals surface area contributed by atoms with Crippen LogP contribution in [0.4, 0.5) is 5.69 Å². The minimum Gasteiger partial charge on any atom is -0.487 e. The highest BCUT2D eigenvalue weighted by Crippen LogP contribution is 2.26. The average molecular weight is 439 g/mol. The quantitative estimate of drug-likeness (QED) is 0.161. The number of hydrogen-bond acceptors (Lipinski definition) is 5. The minimum absolute atomic E-state index is 0.00972. The predicted molar refractivity (Wildman–Crippen MR) is 122 cm³/mol. The molecule has 1 heterocycles. The summed E-state index contributed by atoms with van der Waals surface area (Å²) < 4.78 is 5.55. The van der Waals surface area contributed by atoms with Crippen LogP contribution in [0.5, 0.6) is 5.75 Å². The summed E-state index contributed by atoms with van der Waals surface area (Å²) in [4.78, 5) is 36.5. The van der Waals surface area contributed by atoms with E-state index < -0.39 is 4.92 Å². The van der Waals surface area contributed by atoms with Crippen LogP contribution in [0.15, 0.2) is 48.5 Å². The van der Waals surface area contributed by atoms with Crippen LogP contribution in [0.3, 0.4) is 0 Å². The van der Waals surface area contributed by atoms with Crippen molar-refractivity contribution in [2.45, 2.75) is 57.8 Å². The molecular weight excluding hydrogens is 408 g/mol. The van der Waals surface area contributed by atoms with Crippen LogP contribution in [0, 0.1) is 10.1 Å². The molecule has 2 aromatic rings. The molecule has 0 N–H and O–H groups in total. The molecule has 7 heteroatoms. The van der Waals surface area contributed by atoms with Crippen LogP contribution in [0.1, 0.15) is 78.5 Å². The summed E-state index contributed by atoms with van der Waals surface area (Å²) in [6.07, 6.45) is 9.47. The molecule has 0 aliphatic carbocycles. The first kappa shape index (κ1) is 23.4. The number of nitro groups is 1. The van der Waals surface area contributed by atoms with Crippen LogP contribution in [0.25, 0.3) is 0 Å². The van der Waals surface area contributed by atoms with Gasteiger partial charge in [0, 0.05) is 12.6 Å². The number of carbonyl (C=O) groups excluding carboxylic acids is 2. The third-order valence-electron chi connectivity index (χ3n) is 5.72. The van der Waals surface area contributed by atoms with Crippen molar-refractivity contribution in [3.05, 3.63) is 69.8 Å². The van der Waals surface area contributed by atoms with Crippen LogP contribution >= 0.6 is 0 Å². The van der Waals surface area contributed by atoms with Crippen LogP contribution < -0.4 is 4.74 Å². The lowest BCUT2D eigenvalue weighted by Crippen LogP contribution is -2.30. The fourth-order valence-corrected chi connectivity index (χ4v) is 3.96. The molecule has 0 radical (unpaired) electrons. The zero-order valence-corrected chi connectivity index (χ0v) is 18.3. The van der Waals surface area contributed by atoms with Gasteiger partial charge in [-0.25, -0.2) is 0 Å². The van der Waals surface area contributed by atoms with Gasteiger partial charge in [0.2, 0.25) is 0 Å². The Labute approximate surface area is 188 Å². The van der Waals surface area contributed by atoms with Crippen molar-refractivity contribution in [2.24, 2.45) is 0 Å². The molecule has 3 rings (SSSR count). The molecule has 0 saturated carbocycles. The fraction of sp³-hybridized carbons (Fsp3) is 0.440. The van der Waals surface area contributed by atoms with Crippen molar-refractivity contribution < 1.29 is 19.2 Å². The predicted octanol–water partition coefficient (Wildman–Crippen LogP) is 5.78. The summed E-state index contributed by atoms with van der Waals surface area (Å²) >= 11 is 0. The van der Waals surface area contributed by atoms with Gasteiger partial charge in [-0.05, 0) is 31.0 Å². The highest BCUT2D eigenvalue weighted by molar-refractivity contribution is 6.21. The number of carbonyl (C=O) groups is 2. The number of ether oxygens (including phenoxy) is 1. The minimum atomic E-state index is -0.421. The number of unbranched alkanes of at least 4 members (excludes halogenated alkanes) is 8. The number of hydrogen-bond donors (Lipinski definition) is 0. The molecule has 170 valence electrons. The van der Waals surface area contributed by atoms with Gasteiger partial charge < -0.3 is 4.74 Å². The van der Waals surface area contributed by atoms with E-state index >= 15 is 0 Å². The molecule has 0 spiro atoms. The monoisotopic (exact) mass is 438 g/mol. The molecule has 7 nitrogen and oxygen atoms in total. The Morgan fingerprint density at radius 3 is 1.81 bits per heavy atom. The van der Waals surface area contributed by atoms with Gasteiger partial charge in [0.25, 0.3) is 11.8 Å². The van der Waals surface area contributed by atoms with Crippen molar-refractivity contribution in [3.8, 4) is 5.75 Å². The lowest BCUT2D eigenvalue weighted by Gasteiger charge is -2.13. The van der Waals surface area contributed by atoms with Gasteiger partial charge >= 0.3 is 5.69 Å². The molecule has 32 heavy (non-hydrogen) atoms. The number of rotatable bonds is 14. The molecule has 0 bridgehead atoms. The summed E-state index contributed by atoms with van der Waals surface area (Å²) in [6.45, 7) is 0.981. The van der Waals surface area contributed by atoms with Crippen LogP contribution in [-0.4, -0.2) is 34.8 Å². The van der Waals surface area contributed by atoms with E-state index in [2.05, 4.69) is 0 Å². The summed E-state index contributed by atoms with van der Waals surface area (Å²) in [6, 6.07) is 13.5. The number of amides is 2. The SMILES string of the molecule is O=C1c2ccccc2C(=O)N1CCCCCCCCCCCOc1ccccc1[N+](=O)[O-]. The number of nitrogens with zero attached hydrogens (tertiary/aromatic N) is 2. The molecule has 1 aliphatic heterocycles. The molecule has 0 unspecified atom stereocenters. The van der Waals surface area contributed by atoms with Gasteiger partial charge in [-0.3, -0.25) is 24.6 Å². The van der Waals surface area contributed by atoms with E-state index in [9.17, 15) is 19.7 Å². The largest absolute Gasteiger partial charge is 0.487 e. The molecule has 1 aliphatic rings. The summed E-state index contributed by atoms with van der Waals surface area (Å²) in [7, 11) is 0. The van der Waals surface area contributed by atoms with Gasteiger partial charge in [-0.2, -0.15) is 0 Å². The Balaban J connectivity index is 1.18. The van der Waals surface area contributed by atoms with Gasteiger partial charge in [0.1, 0.15) is 0 Å².